The van der Waals surface area contributed by atoms with Crippen molar-refractivity contribution in [1.29, 1.82) is 0 Å². The molecule has 5 rings (SSSR count). The lowest BCUT2D eigenvalue weighted by Gasteiger charge is -2.34. The Morgan fingerprint density at radius 2 is 1.69 bits per heavy atom. The summed E-state index contributed by atoms with van der Waals surface area (Å²) in [5.41, 5.74) is 3.01. The molecule has 1 aliphatic heterocycles. The molecule has 0 radical (unpaired) electrons. The van der Waals surface area contributed by atoms with Gasteiger partial charge >= 0.3 is 0 Å². The van der Waals surface area contributed by atoms with E-state index in [2.05, 4.69) is 10.2 Å². The Kier molecular flexibility index (Phi) is 5.95. The number of rotatable bonds is 5. The number of para-hydroxylation sites is 1. The molecule has 0 bridgehead atoms. The van der Waals surface area contributed by atoms with Crippen molar-refractivity contribution >= 4 is 34.2 Å². The number of morpholine rings is 1. The van der Waals surface area contributed by atoms with Crippen LogP contribution in [0.25, 0.3) is 11.0 Å². The monoisotopic (exact) mass is 446 g/mol. The molecule has 2 heterocycles. The molecule has 1 aliphatic rings. The molecule has 1 aromatic heterocycles. The Hall–Kier alpha value is -3.12. The highest BCUT2D eigenvalue weighted by atomic mass is 35.5. The van der Waals surface area contributed by atoms with Gasteiger partial charge in [-0.3, -0.25) is 9.69 Å². The van der Waals surface area contributed by atoms with Gasteiger partial charge in [-0.25, -0.2) is 0 Å². The first-order valence-corrected chi connectivity index (χ1v) is 11.0. The van der Waals surface area contributed by atoms with E-state index >= 15 is 0 Å². The van der Waals surface area contributed by atoms with Crippen molar-refractivity contribution in [2.24, 2.45) is 0 Å². The molecule has 1 N–H and O–H groups in total. The van der Waals surface area contributed by atoms with Crippen LogP contribution in [-0.4, -0.2) is 37.1 Å². The number of furan rings is 1. The molecule has 1 fully saturated rings. The summed E-state index contributed by atoms with van der Waals surface area (Å²) in [6.07, 6.45) is 0. The van der Waals surface area contributed by atoms with E-state index in [1.165, 1.54) is 0 Å². The van der Waals surface area contributed by atoms with E-state index < -0.39 is 0 Å². The number of anilines is 1. The van der Waals surface area contributed by atoms with Gasteiger partial charge in [0.1, 0.15) is 11.3 Å². The van der Waals surface area contributed by atoms with Gasteiger partial charge in [0.05, 0.1) is 24.9 Å². The summed E-state index contributed by atoms with van der Waals surface area (Å²) in [7, 11) is 0. The standard InChI is InChI=1S/C26H23ClN2O3/c27-20-10-6-9-19(17-20)24(29-13-15-31-16-14-29)25-23(21-11-4-5-12-22(21)32-25)28-26(30)18-7-2-1-3-8-18/h1-12,17,24H,13-16H2,(H,28,30)/t24-/m1/s1. The zero-order chi connectivity index (χ0) is 21.9. The summed E-state index contributed by atoms with van der Waals surface area (Å²) in [6.45, 7) is 2.78. The lowest BCUT2D eigenvalue weighted by atomic mass is 10.00. The van der Waals surface area contributed by atoms with Crippen LogP contribution in [-0.2, 0) is 4.74 Å². The van der Waals surface area contributed by atoms with Gasteiger partial charge in [0.15, 0.2) is 0 Å². The van der Waals surface area contributed by atoms with E-state index in [4.69, 9.17) is 20.8 Å². The zero-order valence-electron chi connectivity index (χ0n) is 17.5. The number of hydrogen-bond acceptors (Lipinski definition) is 4. The number of ether oxygens (including phenoxy) is 1. The smallest absolute Gasteiger partial charge is 0.255 e. The fourth-order valence-corrected chi connectivity index (χ4v) is 4.40. The van der Waals surface area contributed by atoms with Gasteiger partial charge in [-0.1, -0.05) is 54.1 Å². The summed E-state index contributed by atoms with van der Waals surface area (Å²) in [5, 5.41) is 4.66. The van der Waals surface area contributed by atoms with Crippen molar-refractivity contribution in [3.05, 3.63) is 101 Å². The maximum Gasteiger partial charge on any atom is 0.255 e. The van der Waals surface area contributed by atoms with Gasteiger partial charge in [-0.15, -0.1) is 0 Å². The first-order valence-electron chi connectivity index (χ1n) is 10.7. The fraction of sp³-hybridized carbons (Fsp3) is 0.192. The van der Waals surface area contributed by atoms with Crippen LogP contribution in [0.3, 0.4) is 0 Å². The fourth-order valence-electron chi connectivity index (χ4n) is 4.20. The number of hydrogen-bond donors (Lipinski definition) is 1. The number of carbonyl (C=O) groups is 1. The number of halogens is 1. The van der Waals surface area contributed by atoms with Gasteiger partial charge in [0.25, 0.3) is 5.91 Å². The van der Waals surface area contributed by atoms with Crippen LogP contribution < -0.4 is 5.32 Å². The number of fused-ring (bicyclic) bond motifs is 1. The summed E-state index contributed by atoms with van der Waals surface area (Å²) in [5.74, 6) is 0.518. The van der Waals surface area contributed by atoms with Gasteiger partial charge in [-0.2, -0.15) is 0 Å². The number of benzene rings is 3. The molecule has 0 spiro atoms. The van der Waals surface area contributed by atoms with Gasteiger partial charge in [0.2, 0.25) is 0 Å². The highest BCUT2D eigenvalue weighted by molar-refractivity contribution is 6.30. The second-order valence-electron chi connectivity index (χ2n) is 7.76. The van der Waals surface area contributed by atoms with Crippen LogP contribution in [0.1, 0.15) is 27.7 Å². The molecule has 0 saturated carbocycles. The molecule has 162 valence electrons. The molecule has 6 heteroatoms. The average Bonchev–Trinajstić information content (AvgIpc) is 3.18. The molecule has 32 heavy (non-hydrogen) atoms. The molecule has 5 nitrogen and oxygen atoms in total. The highest BCUT2D eigenvalue weighted by Gasteiger charge is 2.31. The topological polar surface area (TPSA) is 54.7 Å². The van der Waals surface area contributed by atoms with Crippen LogP contribution in [0.2, 0.25) is 5.02 Å². The van der Waals surface area contributed by atoms with Crippen molar-refractivity contribution in [2.45, 2.75) is 6.04 Å². The number of nitrogens with one attached hydrogen (secondary N) is 1. The van der Waals surface area contributed by atoms with Crippen LogP contribution in [0.15, 0.2) is 83.3 Å². The summed E-state index contributed by atoms with van der Waals surface area (Å²) < 4.78 is 12.0. The van der Waals surface area contributed by atoms with Crippen molar-refractivity contribution in [3.63, 3.8) is 0 Å². The van der Waals surface area contributed by atoms with Crippen LogP contribution in [0.4, 0.5) is 5.69 Å². The van der Waals surface area contributed by atoms with Crippen LogP contribution in [0.5, 0.6) is 0 Å². The summed E-state index contributed by atoms with van der Waals surface area (Å²) >= 11 is 6.35. The third-order valence-corrected chi connectivity index (χ3v) is 5.96. The van der Waals surface area contributed by atoms with Crippen molar-refractivity contribution in [3.8, 4) is 0 Å². The molecular formula is C26H23ClN2O3. The summed E-state index contributed by atoms with van der Waals surface area (Å²) in [4.78, 5) is 15.4. The molecular weight excluding hydrogens is 424 g/mol. The predicted molar refractivity (Wildman–Crippen MR) is 126 cm³/mol. The summed E-state index contributed by atoms with van der Waals surface area (Å²) in [6, 6.07) is 24.6. The largest absolute Gasteiger partial charge is 0.457 e. The van der Waals surface area contributed by atoms with Crippen molar-refractivity contribution in [1.82, 2.24) is 4.90 Å². The third-order valence-electron chi connectivity index (χ3n) is 5.72. The normalized spacial score (nSPS) is 15.5. The zero-order valence-corrected chi connectivity index (χ0v) is 18.2. The van der Waals surface area contributed by atoms with E-state index in [9.17, 15) is 4.79 Å². The van der Waals surface area contributed by atoms with E-state index in [0.717, 1.165) is 29.6 Å². The first-order chi connectivity index (χ1) is 15.7. The molecule has 1 atom stereocenters. The highest BCUT2D eigenvalue weighted by Crippen LogP contribution is 2.41. The minimum Gasteiger partial charge on any atom is -0.457 e. The number of amides is 1. The number of nitrogens with zero attached hydrogens (tertiary/aromatic N) is 1. The lowest BCUT2D eigenvalue weighted by molar-refractivity contribution is 0.0206. The predicted octanol–water partition coefficient (Wildman–Crippen LogP) is 5.76. The Morgan fingerprint density at radius 3 is 2.47 bits per heavy atom. The van der Waals surface area contributed by atoms with Crippen molar-refractivity contribution in [2.75, 3.05) is 31.6 Å². The lowest BCUT2D eigenvalue weighted by Crippen LogP contribution is -2.39. The maximum absolute atomic E-state index is 13.1. The first kappa shape index (κ1) is 20.8. The number of carbonyl (C=O) groups excluding carboxylic acids is 1. The van der Waals surface area contributed by atoms with E-state index in [-0.39, 0.29) is 11.9 Å². The molecule has 1 saturated heterocycles. The molecule has 4 aromatic rings. The molecule has 1 amide bonds. The van der Waals surface area contributed by atoms with Crippen LogP contribution in [0, 0.1) is 0 Å². The Labute approximate surface area is 191 Å². The van der Waals surface area contributed by atoms with E-state index in [1.54, 1.807) is 12.1 Å². The van der Waals surface area contributed by atoms with E-state index in [1.807, 2.05) is 66.7 Å². The second kappa shape index (κ2) is 9.17. The quantitative estimate of drug-likeness (QED) is 0.423. The van der Waals surface area contributed by atoms with Gasteiger partial charge in [0, 0.05) is 29.1 Å². The second-order valence-corrected chi connectivity index (χ2v) is 8.20. The molecule has 0 unspecified atom stereocenters. The minimum atomic E-state index is -0.212. The van der Waals surface area contributed by atoms with Crippen molar-refractivity contribution < 1.29 is 13.9 Å². The Bertz CT molecular complexity index is 1230. The van der Waals surface area contributed by atoms with E-state index in [0.29, 0.717) is 35.2 Å². The SMILES string of the molecule is O=C(Nc1c([C@@H](c2cccc(Cl)c2)N2CCOCC2)oc2ccccc12)c1ccccc1. The molecule has 0 aliphatic carbocycles. The Morgan fingerprint density at radius 1 is 0.938 bits per heavy atom. The Balaban J connectivity index is 1.64. The maximum atomic E-state index is 13.1. The minimum absolute atomic E-state index is 0.176. The van der Waals surface area contributed by atoms with Gasteiger partial charge < -0.3 is 14.5 Å². The third kappa shape index (κ3) is 4.15. The van der Waals surface area contributed by atoms with Crippen LogP contribution >= 0.6 is 11.6 Å². The average molecular weight is 447 g/mol. The molecule has 3 aromatic carbocycles. The van der Waals surface area contributed by atoms with Gasteiger partial charge in [-0.05, 0) is 42.0 Å².